The van der Waals surface area contributed by atoms with Crippen LogP contribution in [-0.2, 0) is 9.53 Å². The van der Waals surface area contributed by atoms with Crippen molar-refractivity contribution in [1.82, 2.24) is 5.32 Å². The van der Waals surface area contributed by atoms with E-state index in [9.17, 15) is 19.7 Å². The lowest BCUT2D eigenvalue weighted by Gasteiger charge is -2.08. The number of hydrogen-bond acceptors (Lipinski definition) is 5. The molecule has 1 amide bonds. The number of nitro benzene ring substituents is 1. The maximum Gasteiger partial charge on any atom is 0.354 e. The van der Waals surface area contributed by atoms with E-state index in [4.69, 9.17) is 0 Å². The number of carbonyl (C=O) groups excluding carboxylic acids is 2. The number of ether oxygens (including phenoxy) is 1. The molecule has 2 aromatic carbocycles. The quantitative estimate of drug-likeness (QED) is 0.394. The van der Waals surface area contributed by atoms with Crippen LogP contribution in [0.5, 0.6) is 0 Å². The van der Waals surface area contributed by atoms with E-state index < -0.39 is 16.8 Å². The molecular formula is C17H14N2O5. The summed E-state index contributed by atoms with van der Waals surface area (Å²) < 4.78 is 4.65. The summed E-state index contributed by atoms with van der Waals surface area (Å²) in [6, 6.07) is 13.9. The van der Waals surface area contributed by atoms with Crippen molar-refractivity contribution in [2.24, 2.45) is 0 Å². The molecule has 0 aromatic heterocycles. The fraction of sp³-hybridized carbons (Fsp3) is 0.0588. The van der Waals surface area contributed by atoms with Crippen molar-refractivity contribution in [3.8, 4) is 0 Å². The van der Waals surface area contributed by atoms with E-state index in [2.05, 4.69) is 10.1 Å². The first-order valence-electron chi connectivity index (χ1n) is 6.92. The number of amides is 1. The van der Waals surface area contributed by atoms with Gasteiger partial charge < -0.3 is 10.1 Å². The van der Waals surface area contributed by atoms with E-state index in [-0.39, 0.29) is 11.4 Å². The Hall–Kier alpha value is -3.48. The van der Waals surface area contributed by atoms with E-state index in [0.717, 1.165) is 0 Å². The maximum atomic E-state index is 12.2. The Morgan fingerprint density at radius 2 is 1.71 bits per heavy atom. The molecular weight excluding hydrogens is 312 g/mol. The van der Waals surface area contributed by atoms with Crippen LogP contribution < -0.4 is 5.32 Å². The summed E-state index contributed by atoms with van der Waals surface area (Å²) in [5, 5.41) is 13.1. The minimum Gasteiger partial charge on any atom is -0.464 e. The van der Waals surface area contributed by atoms with E-state index in [1.54, 1.807) is 30.3 Å². The second kappa shape index (κ2) is 7.68. The monoisotopic (exact) mass is 326 g/mol. The molecule has 0 saturated heterocycles. The predicted octanol–water partition coefficient (Wildman–Crippen LogP) is 2.54. The highest BCUT2D eigenvalue weighted by Crippen LogP contribution is 2.14. The highest BCUT2D eigenvalue weighted by molar-refractivity contribution is 6.03. The van der Waals surface area contributed by atoms with Gasteiger partial charge in [0.15, 0.2) is 0 Å². The molecule has 0 fully saturated rings. The van der Waals surface area contributed by atoms with Crippen LogP contribution in [0.3, 0.4) is 0 Å². The standard InChI is InChI=1S/C17H14N2O5/c1-24-17(21)15(18-16(20)13-5-3-2-4-6-13)11-12-7-9-14(10-8-12)19(22)23/h2-11H,1H3,(H,18,20). The third kappa shape index (κ3) is 4.26. The number of hydrogen-bond donors (Lipinski definition) is 1. The molecule has 1 N–H and O–H groups in total. The zero-order valence-electron chi connectivity index (χ0n) is 12.8. The van der Waals surface area contributed by atoms with Gasteiger partial charge in [-0.1, -0.05) is 18.2 Å². The number of nitro groups is 1. The van der Waals surface area contributed by atoms with Gasteiger partial charge in [-0.3, -0.25) is 14.9 Å². The maximum absolute atomic E-state index is 12.2. The molecule has 0 aliphatic heterocycles. The van der Waals surface area contributed by atoms with Crippen molar-refractivity contribution < 1.29 is 19.2 Å². The SMILES string of the molecule is COC(=O)C(=Cc1ccc([N+](=O)[O-])cc1)NC(=O)c1ccccc1. The Labute approximate surface area is 137 Å². The van der Waals surface area contributed by atoms with Crippen LogP contribution in [0, 0.1) is 10.1 Å². The van der Waals surface area contributed by atoms with Gasteiger partial charge >= 0.3 is 5.97 Å². The number of methoxy groups -OCH3 is 1. The largest absolute Gasteiger partial charge is 0.464 e. The highest BCUT2D eigenvalue weighted by Gasteiger charge is 2.15. The molecule has 2 rings (SSSR count). The Morgan fingerprint density at radius 1 is 1.08 bits per heavy atom. The zero-order chi connectivity index (χ0) is 17.5. The lowest BCUT2D eigenvalue weighted by atomic mass is 10.1. The molecule has 0 saturated carbocycles. The van der Waals surface area contributed by atoms with Gasteiger partial charge in [-0.2, -0.15) is 0 Å². The van der Waals surface area contributed by atoms with Crippen molar-refractivity contribution in [3.63, 3.8) is 0 Å². The molecule has 2 aromatic rings. The predicted molar refractivity (Wildman–Crippen MR) is 87.0 cm³/mol. The molecule has 0 radical (unpaired) electrons. The molecule has 0 bridgehead atoms. The van der Waals surface area contributed by atoms with E-state index in [1.807, 2.05) is 0 Å². The summed E-state index contributed by atoms with van der Waals surface area (Å²) >= 11 is 0. The van der Waals surface area contributed by atoms with Gasteiger partial charge in [0.2, 0.25) is 0 Å². The number of benzene rings is 2. The Morgan fingerprint density at radius 3 is 2.25 bits per heavy atom. The first kappa shape index (κ1) is 16.9. The van der Waals surface area contributed by atoms with Gasteiger partial charge in [0.05, 0.1) is 12.0 Å². The van der Waals surface area contributed by atoms with Crippen LogP contribution in [-0.4, -0.2) is 23.9 Å². The summed E-state index contributed by atoms with van der Waals surface area (Å²) in [5.41, 5.74) is 0.755. The smallest absolute Gasteiger partial charge is 0.354 e. The van der Waals surface area contributed by atoms with Crippen molar-refractivity contribution in [2.45, 2.75) is 0 Å². The van der Waals surface area contributed by atoms with Gasteiger partial charge in [-0.15, -0.1) is 0 Å². The summed E-state index contributed by atoms with van der Waals surface area (Å²) in [4.78, 5) is 34.1. The Kier molecular flexibility index (Phi) is 5.40. The van der Waals surface area contributed by atoms with Crippen LogP contribution in [0.2, 0.25) is 0 Å². The average molecular weight is 326 g/mol. The number of carbonyl (C=O) groups is 2. The molecule has 0 unspecified atom stereocenters. The summed E-state index contributed by atoms with van der Waals surface area (Å²) in [5.74, 6) is -1.19. The topological polar surface area (TPSA) is 98.5 Å². The minimum absolute atomic E-state index is 0.0693. The molecule has 122 valence electrons. The number of esters is 1. The number of rotatable bonds is 5. The number of nitrogens with zero attached hydrogens (tertiary/aromatic N) is 1. The molecule has 0 atom stereocenters. The first-order valence-corrected chi connectivity index (χ1v) is 6.92. The van der Waals surface area contributed by atoms with E-state index in [0.29, 0.717) is 11.1 Å². The summed E-state index contributed by atoms with van der Waals surface area (Å²) in [6.45, 7) is 0. The summed E-state index contributed by atoms with van der Waals surface area (Å²) in [7, 11) is 1.20. The Balaban J connectivity index is 2.26. The number of non-ortho nitro benzene ring substituents is 1. The fourth-order valence-electron chi connectivity index (χ4n) is 1.90. The van der Waals surface area contributed by atoms with Crippen LogP contribution in [0.1, 0.15) is 15.9 Å². The average Bonchev–Trinajstić information content (AvgIpc) is 2.61. The third-order valence-electron chi connectivity index (χ3n) is 3.10. The lowest BCUT2D eigenvalue weighted by Crippen LogP contribution is -2.28. The van der Waals surface area contributed by atoms with E-state index in [1.165, 1.54) is 37.5 Å². The lowest BCUT2D eigenvalue weighted by molar-refractivity contribution is -0.384. The Bertz CT molecular complexity index is 782. The van der Waals surface area contributed by atoms with Crippen molar-refractivity contribution in [1.29, 1.82) is 0 Å². The normalized spacial score (nSPS) is 10.8. The molecule has 7 heteroatoms. The van der Waals surface area contributed by atoms with Crippen LogP contribution in [0.4, 0.5) is 5.69 Å². The van der Waals surface area contributed by atoms with Gasteiger partial charge in [0.1, 0.15) is 5.70 Å². The van der Waals surface area contributed by atoms with Crippen LogP contribution in [0.25, 0.3) is 6.08 Å². The fourth-order valence-corrected chi connectivity index (χ4v) is 1.90. The van der Waals surface area contributed by atoms with Crippen molar-refractivity contribution >= 4 is 23.6 Å². The molecule has 0 heterocycles. The minimum atomic E-state index is -0.724. The van der Waals surface area contributed by atoms with Gasteiger partial charge in [-0.25, -0.2) is 4.79 Å². The highest BCUT2D eigenvalue weighted by atomic mass is 16.6. The summed E-state index contributed by atoms with van der Waals surface area (Å²) in [6.07, 6.45) is 1.39. The van der Waals surface area contributed by atoms with Crippen molar-refractivity contribution in [3.05, 3.63) is 81.5 Å². The zero-order valence-corrected chi connectivity index (χ0v) is 12.8. The van der Waals surface area contributed by atoms with Crippen molar-refractivity contribution in [2.75, 3.05) is 7.11 Å². The molecule has 0 aliphatic carbocycles. The van der Waals surface area contributed by atoms with Gasteiger partial charge in [-0.05, 0) is 35.9 Å². The third-order valence-corrected chi connectivity index (χ3v) is 3.10. The first-order chi connectivity index (χ1) is 11.5. The molecule has 0 aliphatic rings. The van der Waals surface area contributed by atoms with Crippen LogP contribution >= 0.6 is 0 Å². The number of nitrogens with one attached hydrogen (secondary N) is 1. The van der Waals surface area contributed by atoms with Crippen LogP contribution in [0.15, 0.2) is 60.3 Å². The molecule has 24 heavy (non-hydrogen) atoms. The molecule has 0 spiro atoms. The van der Waals surface area contributed by atoms with E-state index >= 15 is 0 Å². The molecule has 7 nitrogen and oxygen atoms in total. The van der Waals surface area contributed by atoms with Gasteiger partial charge in [0, 0.05) is 17.7 Å². The second-order valence-corrected chi connectivity index (χ2v) is 4.72. The second-order valence-electron chi connectivity index (χ2n) is 4.72. The van der Waals surface area contributed by atoms with Gasteiger partial charge in [0.25, 0.3) is 11.6 Å².